The first-order valence-electron chi connectivity index (χ1n) is 8.75. The summed E-state index contributed by atoms with van der Waals surface area (Å²) < 4.78 is 16.7. The highest BCUT2D eigenvalue weighted by Crippen LogP contribution is 2.19. The van der Waals surface area contributed by atoms with Gasteiger partial charge in [-0.25, -0.2) is 0 Å². The monoisotopic (exact) mass is 355 g/mol. The van der Waals surface area contributed by atoms with Crippen LogP contribution < -0.4 is 4.74 Å². The number of furan rings is 2. The van der Waals surface area contributed by atoms with Crippen molar-refractivity contribution in [2.75, 3.05) is 13.2 Å². The molecule has 138 valence electrons. The van der Waals surface area contributed by atoms with Crippen LogP contribution in [0.2, 0.25) is 0 Å². The Morgan fingerprint density at radius 3 is 2.19 bits per heavy atom. The molecule has 0 aliphatic carbocycles. The van der Waals surface area contributed by atoms with E-state index in [0.717, 1.165) is 22.8 Å². The number of hydrogen-bond acceptors (Lipinski definition) is 5. The number of rotatable bonds is 9. The van der Waals surface area contributed by atoms with Gasteiger partial charge in [0.1, 0.15) is 30.0 Å². The molecule has 0 amide bonds. The van der Waals surface area contributed by atoms with Crippen LogP contribution in [0.4, 0.5) is 0 Å². The molecule has 5 nitrogen and oxygen atoms in total. The van der Waals surface area contributed by atoms with E-state index in [0.29, 0.717) is 19.6 Å². The van der Waals surface area contributed by atoms with Gasteiger partial charge in [0.25, 0.3) is 0 Å². The molecular weight excluding hydrogens is 330 g/mol. The van der Waals surface area contributed by atoms with Gasteiger partial charge in [0.05, 0.1) is 25.6 Å². The minimum atomic E-state index is -0.624. The smallest absolute Gasteiger partial charge is 0.122 e. The molecule has 3 rings (SSSR count). The molecular formula is C21H25NO4. The first-order valence-corrected chi connectivity index (χ1v) is 8.75. The third-order valence-electron chi connectivity index (χ3n) is 4.15. The number of hydrogen-bond donors (Lipinski definition) is 1. The summed E-state index contributed by atoms with van der Waals surface area (Å²) in [7, 11) is 0. The number of nitrogens with zero attached hydrogens (tertiary/aromatic N) is 1. The summed E-state index contributed by atoms with van der Waals surface area (Å²) in [5.41, 5.74) is 2.26. The van der Waals surface area contributed by atoms with Crippen LogP contribution in [0.25, 0.3) is 0 Å². The molecule has 0 fully saturated rings. The van der Waals surface area contributed by atoms with E-state index in [1.807, 2.05) is 50.2 Å². The van der Waals surface area contributed by atoms with Crippen LogP contribution in [0.3, 0.4) is 0 Å². The van der Waals surface area contributed by atoms with Gasteiger partial charge < -0.3 is 18.7 Å². The molecule has 0 aliphatic rings. The van der Waals surface area contributed by atoms with Crippen LogP contribution >= 0.6 is 0 Å². The first-order chi connectivity index (χ1) is 12.6. The van der Waals surface area contributed by atoms with Crippen molar-refractivity contribution in [2.24, 2.45) is 0 Å². The van der Waals surface area contributed by atoms with E-state index in [9.17, 15) is 5.11 Å². The molecule has 1 unspecified atom stereocenters. The second-order valence-corrected chi connectivity index (χ2v) is 6.56. The largest absolute Gasteiger partial charge is 0.491 e. The molecule has 1 N–H and O–H groups in total. The zero-order valence-corrected chi connectivity index (χ0v) is 15.2. The molecule has 0 radical (unpaired) electrons. The van der Waals surface area contributed by atoms with Crippen LogP contribution in [-0.4, -0.2) is 29.3 Å². The Kier molecular flexibility index (Phi) is 6.15. The lowest BCUT2D eigenvalue weighted by Gasteiger charge is -2.23. The number of aliphatic hydroxyl groups excluding tert-OH is 1. The van der Waals surface area contributed by atoms with E-state index >= 15 is 0 Å². The predicted octanol–water partition coefficient (Wildman–Crippen LogP) is 3.93. The summed E-state index contributed by atoms with van der Waals surface area (Å²) in [5.74, 6) is 2.50. The Labute approximate surface area is 153 Å². The van der Waals surface area contributed by atoms with Crippen molar-refractivity contribution in [1.82, 2.24) is 4.90 Å². The second kappa shape index (κ2) is 8.74. The van der Waals surface area contributed by atoms with Crippen LogP contribution in [0.5, 0.6) is 5.75 Å². The van der Waals surface area contributed by atoms with Gasteiger partial charge in [-0.2, -0.15) is 0 Å². The second-order valence-electron chi connectivity index (χ2n) is 6.56. The van der Waals surface area contributed by atoms with E-state index in [4.69, 9.17) is 13.6 Å². The Balaban J connectivity index is 1.57. The first kappa shape index (κ1) is 18.3. The maximum Gasteiger partial charge on any atom is 0.122 e. The van der Waals surface area contributed by atoms with Crippen molar-refractivity contribution in [2.45, 2.75) is 33.0 Å². The van der Waals surface area contributed by atoms with Crippen LogP contribution in [0.15, 0.2) is 63.8 Å². The predicted molar refractivity (Wildman–Crippen MR) is 98.9 cm³/mol. The Morgan fingerprint density at radius 2 is 1.65 bits per heavy atom. The molecule has 0 aliphatic heterocycles. The van der Waals surface area contributed by atoms with Gasteiger partial charge in [0, 0.05) is 6.54 Å². The highest BCUT2D eigenvalue weighted by Gasteiger charge is 2.16. The molecule has 1 aromatic carbocycles. The Morgan fingerprint density at radius 1 is 1.00 bits per heavy atom. The highest BCUT2D eigenvalue weighted by molar-refractivity contribution is 5.35. The topological polar surface area (TPSA) is 59.0 Å². The van der Waals surface area contributed by atoms with Crippen molar-refractivity contribution in [3.8, 4) is 5.75 Å². The van der Waals surface area contributed by atoms with Crippen molar-refractivity contribution in [3.05, 3.63) is 77.6 Å². The number of benzene rings is 1. The lowest BCUT2D eigenvalue weighted by molar-refractivity contribution is 0.0578. The fourth-order valence-electron chi connectivity index (χ4n) is 2.93. The van der Waals surface area contributed by atoms with Crippen molar-refractivity contribution >= 4 is 0 Å². The summed E-state index contributed by atoms with van der Waals surface area (Å²) in [4.78, 5) is 2.08. The molecule has 2 aromatic heterocycles. The van der Waals surface area contributed by atoms with Crippen LogP contribution in [-0.2, 0) is 13.1 Å². The molecule has 0 saturated carbocycles. The summed E-state index contributed by atoms with van der Waals surface area (Å²) in [6, 6.07) is 13.6. The SMILES string of the molecule is Cc1ccc(OCC(O)CN(Cc2ccco2)Cc2ccco2)c(C)c1. The fraction of sp³-hybridized carbons (Fsp3) is 0.333. The van der Waals surface area contributed by atoms with E-state index in [2.05, 4.69) is 11.0 Å². The molecule has 3 aromatic rings. The normalized spacial score (nSPS) is 12.5. The van der Waals surface area contributed by atoms with Gasteiger partial charge in [-0.15, -0.1) is 0 Å². The van der Waals surface area contributed by atoms with E-state index < -0.39 is 6.10 Å². The number of aliphatic hydroxyl groups is 1. The molecule has 5 heteroatoms. The average molecular weight is 355 g/mol. The number of aryl methyl sites for hydroxylation is 2. The standard InChI is InChI=1S/C21H25NO4/c1-16-7-8-21(17(2)11-16)26-15-18(23)12-22(13-19-5-3-9-24-19)14-20-6-4-10-25-20/h3-11,18,23H,12-15H2,1-2H3. The quantitative estimate of drug-likeness (QED) is 0.630. The lowest BCUT2D eigenvalue weighted by atomic mass is 10.1. The summed E-state index contributed by atoms with van der Waals surface area (Å²) in [5, 5.41) is 10.5. The Hall–Kier alpha value is -2.50. The van der Waals surface area contributed by atoms with Gasteiger partial charge in [-0.1, -0.05) is 17.7 Å². The third kappa shape index (κ3) is 5.25. The number of ether oxygens (including phenoxy) is 1. The van der Waals surface area contributed by atoms with Crippen molar-refractivity contribution in [3.63, 3.8) is 0 Å². The minimum absolute atomic E-state index is 0.233. The van der Waals surface area contributed by atoms with Crippen molar-refractivity contribution in [1.29, 1.82) is 0 Å². The van der Waals surface area contributed by atoms with Gasteiger partial charge in [0.15, 0.2) is 0 Å². The zero-order valence-electron chi connectivity index (χ0n) is 15.2. The molecule has 0 saturated heterocycles. The average Bonchev–Trinajstić information content (AvgIpc) is 3.28. The molecule has 2 heterocycles. The Bertz CT molecular complexity index is 744. The molecule has 0 bridgehead atoms. The lowest BCUT2D eigenvalue weighted by Crippen LogP contribution is -2.35. The van der Waals surface area contributed by atoms with Gasteiger partial charge in [-0.3, -0.25) is 4.90 Å². The third-order valence-corrected chi connectivity index (χ3v) is 4.15. The van der Waals surface area contributed by atoms with Crippen LogP contribution in [0.1, 0.15) is 22.6 Å². The summed E-state index contributed by atoms with van der Waals surface area (Å²) in [6.45, 7) is 5.92. The maximum atomic E-state index is 10.5. The van der Waals surface area contributed by atoms with Crippen LogP contribution in [0, 0.1) is 13.8 Å². The minimum Gasteiger partial charge on any atom is -0.491 e. The molecule has 26 heavy (non-hydrogen) atoms. The fourth-order valence-corrected chi connectivity index (χ4v) is 2.93. The summed E-state index contributed by atoms with van der Waals surface area (Å²) >= 11 is 0. The molecule has 0 spiro atoms. The van der Waals surface area contributed by atoms with E-state index in [-0.39, 0.29) is 6.61 Å². The van der Waals surface area contributed by atoms with Gasteiger partial charge in [-0.05, 0) is 49.7 Å². The zero-order chi connectivity index (χ0) is 18.4. The van der Waals surface area contributed by atoms with Gasteiger partial charge >= 0.3 is 0 Å². The maximum absolute atomic E-state index is 10.5. The van der Waals surface area contributed by atoms with E-state index in [1.54, 1.807) is 12.5 Å². The summed E-state index contributed by atoms with van der Waals surface area (Å²) in [6.07, 6.45) is 2.68. The van der Waals surface area contributed by atoms with Gasteiger partial charge in [0.2, 0.25) is 0 Å². The van der Waals surface area contributed by atoms with E-state index in [1.165, 1.54) is 5.56 Å². The highest BCUT2D eigenvalue weighted by atomic mass is 16.5. The van der Waals surface area contributed by atoms with Crippen molar-refractivity contribution < 1.29 is 18.7 Å². The molecule has 1 atom stereocenters.